The Morgan fingerprint density at radius 1 is 1.18 bits per heavy atom. The van der Waals surface area contributed by atoms with Crippen molar-refractivity contribution in [1.29, 1.82) is 0 Å². The van der Waals surface area contributed by atoms with Gasteiger partial charge in [-0.15, -0.1) is 0 Å². The first-order chi connectivity index (χ1) is 7.96. The molecule has 0 saturated carbocycles. The Morgan fingerprint density at radius 2 is 1.71 bits per heavy atom. The Balaban J connectivity index is 3.23. The molecule has 1 atom stereocenters. The lowest BCUT2D eigenvalue weighted by Crippen LogP contribution is -2.41. The minimum absolute atomic E-state index is 0.345. The van der Waals surface area contributed by atoms with Crippen LogP contribution in [0.15, 0.2) is 24.3 Å². The molecule has 0 aliphatic rings. The summed E-state index contributed by atoms with van der Waals surface area (Å²) in [6.45, 7) is 1.31. The van der Waals surface area contributed by atoms with Crippen LogP contribution in [0.5, 0.6) is 5.75 Å². The first-order valence-electron chi connectivity index (χ1n) is 4.93. The molecule has 92 valence electrons. The molecule has 0 aliphatic heterocycles. The third kappa shape index (κ3) is 2.22. The number of carbonyl (C=O) groups is 2. The lowest BCUT2D eigenvalue weighted by molar-refractivity contribution is -0.158. The number of aliphatic carboxylic acids is 1. The van der Waals surface area contributed by atoms with Gasteiger partial charge in [0.2, 0.25) is 0 Å². The summed E-state index contributed by atoms with van der Waals surface area (Å²) in [5.74, 6) is -1.48. The molecule has 0 bridgehead atoms. The second-order valence-corrected chi connectivity index (χ2v) is 3.65. The monoisotopic (exact) mass is 238 g/mol. The number of carbonyl (C=O) groups excluding carboxylic acids is 1. The molecule has 0 spiro atoms. The van der Waals surface area contributed by atoms with Crippen LogP contribution < -0.4 is 4.74 Å². The summed E-state index contributed by atoms with van der Waals surface area (Å²) < 4.78 is 9.50. The minimum Gasteiger partial charge on any atom is -0.497 e. The van der Waals surface area contributed by atoms with Crippen molar-refractivity contribution in [3.63, 3.8) is 0 Å². The van der Waals surface area contributed by atoms with E-state index in [2.05, 4.69) is 4.74 Å². The van der Waals surface area contributed by atoms with Crippen LogP contribution in [0, 0.1) is 0 Å². The largest absolute Gasteiger partial charge is 0.497 e. The number of methoxy groups -OCH3 is 2. The van der Waals surface area contributed by atoms with Crippen LogP contribution in [0.4, 0.5) is 0 Å². The maximum Gasteiger partial charge on any atom is 0.327 e. The van der Waals surface area contributed by atoms with E-state index in [4.69, 9.17) is 4.74 Å². The van der Waals surface area contributed by atoms with Crippen LogP contribution in [0.25, 0.3) is 0 Å². The summed E-state index contributed by atoms with van der Waals surface area (Å²) in [6, 6.07) is 6.26. The number of carboxylic acid groups (broad SMARTS) is 1. The zero-order chi connectivity index (χ0) is 13.1. The molecule has 17 heavy (non-hydrogen) atoms. The number of ether oxygens (including phenoxy) is 2. The maximum absolute atomic E-state index is 11.6. The van der Waals surface area contributed by atoms with Crippen LogP contribution in [-0.4, -0.2) is 31.3 Å². The van der Waals surface area contributed by atoms with Crippen LogP contribution >= 0.6 is 0 Å². The van der Waals surface area contributed by atoms with Crippen LogP contribution in [0.2, 0.25) is 0 Å². The average Bonchev–Trinajstić information content (AvgIpc) is 2.36. The molecule has 1 rings (SSSR count). The highest BCUT2D eigenvalue weighted by molar-refractivity contribution is 6.05. The Labute approximate surface area is 99.0 Å². The van der Waals surface area contributed by atoms with E-state index in [1.54, 1.807) is 12.1 Å². The van der Waals surface area contributed by atoms with Crippen molar-refractivity contribution in [2.75, 3.05) is 14.2 Å². The molecular formula is C12H14O5. The van der Waals surface area contributed by atoms with Gasteiger partial charge in [0.05, 0.1) is 14.2 Å². The first kappa shape index (κ1) is 13.0. The summed E-state index contributed by atoms with van der Waals surface area (Å²) in [7, 11) is 2.67. The highest BCUT2D eigenvalue weighted by Crippen LogP contribution is 2.27. The van der Waals surface area contributed by atoms with Crippen LogP contribution in [0.1, 0.15) is 12.5 Å². The Bertz CT molecular complexity index is 423. The Morgan fingerprint density at radius 3 is 2.06 bits per heavy atom. The summed E-state index contributed by atoms with van der Waals surface area (Å²) in [4.78, 5) is 22.8. The van der Waals surface area contributed by atoms with E-state index < -0.39 is 17.4 Å². The van der Waals surface area contributed by atoms with Gasteiger partial charge >= 0.3 is 11.9 Å². The van der Waals surface area contributed by atoms with Crippen molar-refractivity contribution >= 4 is 11.9 Å². The van der Waals surface area contributed by atoms with E-state index in [-0.39, 0.29) is 0 Å². The van der Waals surface area contributed by atoms with E-state index in [1.807, 2.05) is 0 Å². The van der Waals surface area contributed by atoms with E-state index >= 15 is 0 Å². The zero-order valence-electron chi connectivity index (χ0n) is 9.89. The SMILES string of the molecule is COC(=O)[C@@](C)(C(=O)O)c1ccc(OC)cc1. The number of benzene rings is 1. The van der Waals surface area contributed by atoms with E-state index in [1.165, 1.54) is 26.2 Å². The topological polar surface area (TPSA) is 72.8 Å². The van der Waals surface area contributed by atoms with Gasteiger partial charge in [0, 0.05) is 0 Å². The molecule has 1 aromatic rings. The Kier molecular flexibility index (Phi) is 3.73. The normalized spacial score (nSPS) is 13.6. The predicted octanol–water partition coefficient (Wildman–Crippen LogP) is 1.21. The number of hydrogen-bond donors (Lipinski definition) is 1. The van der Waals surface area contributed by atoms with Gasteiger partial charge in [-0.25, -0.2) is 0 Å². The molecule has 0 unspecified atom stereocenters. The van der Waals surface area contributed by atoms with Gasteiger partial charge in [-0.05, 0) is 24.6 Å². The smallest absolute Gasteiger partial charge is 0.327 e. The summed E-state index contributed by atoms with van der Waals surface area (Å²) in [5.41, 5.74) is -1.36. The summed E-state index contributed by atoms with van der Waals surface area (Å²) >= 11 is 0. The molecule has 0 saturated heterocycles. The molecule has 0 radical (unpaired) electrons. The third-order valence-corrected chi connectivity index (χ3v) is 2.69. The van der Waals surface area contributed by atoms with Gasteiger partial charge < -0.3 is 14.6 Å². The first-order valence-corrected chi connectivity index (χ1v) is 4.93. The highest BCUT2D eigenvalue weighted by atomic mass is 16.5. The lowest BCUT2D eigenvalue weighted by atomic mass is 9.82. The molecular weight excluding hydrogens is 224 g/mol. The van der Waals surface area contributed by atoms with Gasteiger partial charge in [0.15, 0.2) is 5.41 Å². The molecule has 0 amide bonds. The van der Waals surface area contributed by atoms with Crippen molar-refractivity contribution in [2.24, 2.45) is 0 Å². The second kappa shape index (κ2) is 4.86. The zero-order valence-corrected chi connectivity index (χ0v) is 9.89. The molecule has 0 aromatic heterocycles. The molecule has 1 N–H and O–H groups in total. The van der Waals surface area contributed by atoms with Gasteiger partial charge in [-0.2, -0.15) is 0 Å². The third-order valence-electron chi connectivity index (χ3n) is 2.69. The van der Waals surface area contributed by atoms with Gasteiger partial charge in [-0.1, -0.05) is 12.1 Å². The number of carboxylic acids is 1. The van der Waals surface area contributed by atoms with E-state index in [0.29, 0.717) is 11.3 Å². The minimum atomic E-state index is -1.71. The van der Waals surface area contributed by atoms with Crippen molar-refractivity contribution in [3.8, 4) is 5.75 Å². The maximum atomic E-state index is 11.6. The summed E-state index contributed by atoms with van der Waals surface area (Å²) in [5, 5.41) is 9.18. The van der Waals surface area contributed by atoms with Crippen LogP contribution in [-0.2, 0) is 19.7 Å². The lowest BCUT2D eigenvalue weighted by Gasteiger charge is -2.22. The quantitative estimate of drug-likeness (QED) is 0.630. The standard InChI is InChI=1S/C12H14O5/c1-12(10(13)14,11(15)17-3)8-4-6-9(16-2)7-5-8/h4-7H,1-3H3,(H,13,14)/t12-/m1/s1. The number of esters is 1. The average molecular weight is 238 g/mol. The van der Waals surface area contributed by atoms with Crippen molar-refractivity contribution in [2.45, 2.75) is 12.3 Å². The fourth-order valence-electron chi connectivity index (χ4n) is 1.46. The van der Waals surface area contributed by atoms with Crippen LogP contribution in [0.3, 0.4) is 0 Å². The highest BCUT2D eigenvalue weighted by Gasteiger charge is 2.44. The van der Waals surface area contributed by atoms with Gasteiger partial charge in [-0.3, -0.25) is 9.59 Å². The molecule has 1 aromatic carbocycles. The number of hydrogen-bond acceptors (Lipinski definition) is 4. The number of rotatable bonds is 4. The van der Waals surface area contributed by atoms with Crippen molar-refractivity contribution < 1.29 is 24.2 Å². The summed E-state index contributed by atoms with van der Waals surface area (Å²) in [6.07, 6.45) is 0. The predicted molar refractivity (Wildman–Crippen MR) is 60.0 cm³/mol. The fourth-order valence-corrected chi connectivity index (χ4v) is 1.46. The molecule has 5 nitrogen and oxygen atoms in total. The molecule has 0 aliphatic carbocycles. The van der Waals surface area contributed by atoms with Crippen molar-refractivity contribution in [3.05, 3.63) is 29.8 Å². The van der Waals surface area contributed by atoms with Crippen molar-refractivity contribution in [1.82, 2.24) is 0 Å². The fraction of sp³-hybridized carbons (Fsp3) is 0.333. The second-order valence-electron chi connectivity index (χ2n) is 3.65. The van der Waals surface area contributed by atoms with E-state index in [9.17, 15) is 14.7 Å². The molecule has 0 heterocycles. The van der Waals surface area contributed by atoms with E-state index in [0.717, 1.165) is 7.11 Å². The van der Waals surface area contributed by atoms with Gasteiger partial charge in [0.1, 0.15) is 5.75 Å². The molecule has 5 heteroatoms. The Hall–Kier alpha value is -2.04. The molecule has 0 fully saturated rings. The van der Waals surface area contributed by atoms with Gasteiger partial charge in [0.25, 0.3) is 0 Å².